The van der Waals surface area contributed by atoms with Crippen LogP contribution in [0.3, 0.4) is 0 Å². The number of rotatable bonds is 5. The maximum atomic E-state index is 12.2. The van der Waals surface area contributed by atoms with Crippen LogP contribution in [0.15, 0.2) is 30.5 Å². The first-order valence-electron chi connectivity index (χ1n) is 8.30. The number of urea groups is 1. The predicted molar refractivity (Wildman–Crippen MR) is 87.8 cm³/mol. The number of carbonyl (C=O) groups excluding carboxylic acids is 1. The van der Waals surface area contributed by atoms with E-state index in [-0.39, 0.29) is 12.1 Å². The molecule has 2 amide bonds. The standard InChI is InChI=1S/C17H21N5O2/c1-24-15-6-2-12(3-7-15)8-18-17(23)21-9-14(10-21)22-11-16(19-20-22)13-4-5-13/h2-3,6-7,11,13-14H,4-5,8-10H2,1H3,(H,18,23). The van der Waals surface area contributed by atoms with Crippen molar-refractivity contribution in [2.24, 2.45) is 0 Å². The number of aromatic nitrogens is 3. The molecule has 7 nitrogen and oxygen atoms in total. The molecule has 126 valence electrons. The lowest BCUT2D eigenvalue weighted by Gasteiger charge is -2.38. The van der Waals surface area contributed by atoms with E-state index in [1.54, 1.807) is 12.0 Å². The molecule has 1 N–H and O–H groups in total. The van der Waals surface area contributed by atoms with E-state index in [1.807, 2.05) is 35.1 Å². The number of nitrogens with one attached hydrogen (secondary N) is 1. The van der Waals surface area contributed by atoms with Crippen LogP contribution in [0.4, 0.5) is 4.79 Å². The lowest BCUT2D eigenvalue weighted by atomic mass is 10.1. The van der Waals surface area contributed by atoms with Gasteiger partial charge in [-0.05, 0) is 30.5 Å². The molecule has 0 spiro atoms. The number of amides is 2. The molecule has 1 saturated carbocycles. The van der Waals surface area contributed by atoms with Gasteiger partial charge in [-0.25, -0.2) is 9.48 Å². The summed E-state index contributed by atoms with van der Waals surface area (Å²) in [5.41, 5.74) is 2.14. The first kappa shape index (κ1) is 15.0. The quantitative estimate of drug-likeness (QED) is 0.911. The van der Waals surface area contributed by atoms with Crippen molar-refractivity contribution in [1.29, 1.82) is 0 Å². The molecule has 24 heavy (non-hydrogen) atoms. The summed E-state index contributed by atoms with van der Waals surface area (Å²) in [7, 11) is 1.64. The second-order valence-electron chi connectivity index (χ2n) is 6.46. The largest absolute Gasteiger partial charge is 0.497 e. The number of methoxy groups -OCH3 is 1. The fourth-order valence-corrected chi connectivity index (χ4v) is 2.86. The number of ether oxygens (including phenoxy) is 1. The van der Waals surface area contributed by atoms with Crippen molar-refractivity contribution >= 4 is 6.03 Å². The monoisotopic (exact) mass is 327 g/mol. The van der Waals surface area contributed by atoms with Crippen LogP contribution in [0.5, 0.6) is 5.75 Å². The van der Waals surface area contributed by atoms with E-state index in [2.05, 4.69) is 15.6 Å². The highest BCUT2D eigenvalue weighted by atomic mass is 16.5. The molecular weight excluding hydrogens is 306 g/mol. The van der Waals surface area contributed by atoms with Crippen LogP contribution in [0.2, 0.25) is 0 Å². The lowest BCUT2D eigenvalue weighted by Crippen LogP contribution is -2.54. The molecule has 1 saturated heterocycles. The third kappa shape index (κ3) is 3.06. The van der Waals surface area contributed by atoms with Gasteiger partial charge in [-0.3, -0.25) is 0 Å². The molecule has 1 aromatic carbocycles. The second kappa shape index (κ2) is 6.14. The van der Waals surface area contributed by atoms with Crippen LogP contribution >= 0.6 is 0 Å². The van der Waals surface area contributed by atoms with Crippen molar-refractivity contribution in [1.82, 2.24) is 25.2 Å². The Kier molecular flexibility index (Phi) is 3.84. The summed E-state index contributed by atoms with van der Waals surface area (Å²) < 4.78 is 7.03. The molecule has 2 aliphatic rings. The van der Waals surface area contributed by atoms with Crippen LogP contribution < -0.4 is 10.1 Å². The van der Waals surface area contributed by atoms with Crippen molar-refractivity contribution in [3.63, 3.8) is 0 Å². The number of likely N-dealkylation sites (tertiary alicyclic amines) is 1. The minimum absolute atomic E-state index is 0.0374. The minimum atomic E-state index is -0.0374. The molecule has 1 aromatic heterocycles. The van der Waals surface area contributed by atoms with Crippen molar-refractivity contribution < 1.29 is 9.53 Å². The van der Waals surface area contributed by atoms with Gasteiger partial charge in [0.05, 0.1) is 18.8 Å². The molecule has 2 fully saturated rings. The van der Waals surface area contributed by atoms with Gasteiger partial charge in [0, 0.05) is 31.7 Å². The highest BCUT2D eigenvalue weighted by Gasteiger charge is 2.34. The highest BCUT2D eigenvalue weighted by molar-refractivity contribution is 5.75. The van der Waals surface area contributed by atoms with Gasteiger partial charge in [-0.1, -0.05) is 17.3 Å². The Bertz CT molecular complexity index is 717. The average Bonchev–Trinajstić information content (AvgIpc) is 3.31. The number of hydrogen-bond acceptors (Lipinski definition) is 4. The fourth-order valence-electron chi connectivity index (χ4n) is 2.86. The summed E-state index contributed by atoms with van der Waals surface area (Å²) in [5, 5.41) is 11.4. The molecule has 0 bridgehead atoms. The summed E-state index contributed by atoms with van der Waals surface area (Å²) in [6.07, 6.45) is 4.49. The van der Waals surface area contributed by atoms with E-state index >= 15 is 0 Å². The van der Waals surface area contributed by atoms with E-state index in [9.17, 15) is 4.79 Å². The normalized spacial score (nSPS) is 17.5. The number of nitrogens with zero attached hydrogens (tertiary/aromatic N) is 4. The first-order valence-corrected chi connectivity index (χ1v) is 8.30. The molecular formula is C17H21N5O2. The molecule has 0 unspecified atom stereocenters. The zero-order chi connectivity index (χ0) is 16.5. The molecule has 0 atom stereocenters. The molecule has 0 radical (unpaired) electrons. The summed E-state index contributed by atoms with van der Waals surface area (Å²) >= 11 is 0. The van der Waals surface area contributed by atoms with Crippen molar-refractivity contribution in [3.8, 4) is 5.75 Å². The van der Waals surface area contributed by atoms with Crippen LogP contribution in [0.25, 0.3) is 0 Å². The van der Waals surface area contributed by atoms with Crippen LogP contribution in [-0.2, 0) is 6.54 Å². The minimum Gasteiger partial charge on any atom is -0.497 e. The predicted octanol–water partition coefficient (Wildman–Crippen LogP) is 1.93. The molecule has 2 aromatic rings. The Morgan fingerprint density at radius 2 is 2.04 bits per heavy atom. The summed E-state index contributed by atoms with van der Waals surface area (Å²) in [6, 6.07) is 7.90. The van der Waals surface area contributed by atoms with E-state index in [0.29, 0.717) is 25.6 Å². The summed E-state index contributed by atoms with van der Waals surface area (Å²) in [4.78, 5) is 14.0. The van der Waals surface area contributed by atoms with Gasteiger partial charge in [-0.15, -0.1) is 5.10 Å². The van der Waals surface area contributed by atoms with Crippen LogP contribution in [0, 0.1) is 0 Å². The van der Waals surface area contributed by atoms with Crippen LogP contribution in [0.1, 0.15) is 36.1 Å². The van der Waals surface area contributed by atoms with Gasteiger partial charge < -0.3 is 15.0 Å². The Hall–Kier alpha value is -2.57. The third-order valence-electron chi connectivity index (χ3n) is 4.65. The third-order valence-corrected chi connectivity index (χ3v) is 4.65. The van der Waals surface area contributed by atoms with Gasteiger partial charge >= 0.3 is 6.03 Å². The Labute approximate surface area is 140 Å². The maximum Gasteiger partial charge on any atom is 0.317 e. The topological polar surface area (TPSA) is 72.3 Å². The Balaban J connectivity index is 1.24. The van der Waals surface area contributed by atoms with E-state index < -0.39 is 0 Å². The smallest absolute Gasteiger partial charge is 0.317 e. The second-order valence-corrected chi connectivity index (χ2v) is 6.46. The average molecular weight is 327 g/mol. The maximum absolute atomic E-state index is 12.2. The first-order chi connectivity index (χ1) is 11.7. The summed E-state index contributed by atoms with van der Waals surface area (Å²) in [6.45, 7) is 1.88. The zero-order valence-corrected chi connectivity index (χ0v) is 13.7. The SMILES string of the molecule is COc1ccc(CNC(=O)N2CC(n3cc(C4CC4)nn3)C2)cc1. The zero-order valence-electron chi connectivity index (χ0n) is 13.7. The fraction of sp³-hybridized carbons (Fsp3) is 0.471. The van der Waals surface area contributed by atoms with Gasteiger partial charge in [0.25, 0.3) is 0 Å². The van der Waals surface area contributed by atoms with Crippen LogP contribution in [-0.4, -0.2) is 46.1 Å². The van der Waals surface area contributed by atoms with Gasteiger partial charge in [-0.2, -0.15) is 0 Å². The number of hydrogen-bond donors (Lipinski definition) is 1. The Morgan fingerprint density at radius 3 is 2.71 bits per heavy atom. The number of carbonyl (C=O) groups is 1. The van der Waals surface area contributed by atoms with E-state index in [4.69, 9.17) is 4.74 Å². The Morgan fingerprint density at radius 1 is 1.29 bits per heavy atom. The van der Waals surface area contributed by atoms with Gasteiger partial charge in [0.15, 0.2) is 0 Å². The number of benzene rings is 1. The summed E-state index contributed by atoms with van der Waals surface area (Å²) in [5.74, 6) is 1.43. The van der Waals surface area contributed by atoms with Gasteiger partial charge in [0.1, 0.15) is 5.75 Å². The highest BCUT2D eigenvalue weighted by Crippen LogP contribution is 2.39. The molecule has 7 heteroatoms. The molecule has 2 heterocycles. The molecule has 1 aliphatic heterocycles. The molecule has 1 aliphatic carbocycles. The van der Waals surface area contributed by atoms with E-state index in [0.717, 1.165) is 17.0 Å². The van der Waals surface area contributed by atoms with Crippen molar-refractivity contribution in [3.05, 3.63) is 41.7 Å². The lowest BCUT2D eigenvalue weighted by molar-refractivity contribution is 0.117. The molecule has 4 rings (SSSR count). The van der Waals surface area contributed by atoms with Crippen molar-refractivity contribution in [2.45, 2.75) is 31.3 Å². The van der Waals surface area contributed by atoms with Crippen molar-refractivity contribution in [2.75, 3.05) is 20.2 Å². The van der Waals surface area contributed by atoms with E-state index in [1.165, 1.54) is 12.8 Å². The van der Waals surface area contributed by atoms with Gasteiger partial charge in [0.2, 0.25) is 0 Å².